The zero-order valence-corrected chi connectivity index (χ0v) is 11.2. The maximum atomic E-state index is 13.7. The Labute approximate surface area is 114 Å². The van der Waals surface area contributed by atoms with Crippen LogP contribution in [0.15, 0.2) is 24.0 Å². The predicted molar refractivity (Wildman–Crippen MR) is 70.6 cm³/mol. The molecule has 2 aromatic rings. The first-order valence-electron chi connectivity index (χ1n) is 6.63. The van der Waals surface area contributed by atoms with Crippen LogP contribution in [0.2, 0.25) is 0 Å². The molecule has 2 aromatic heterocycles. The summed E-state index contributed by atoms with van der Waals surface area (Å²) in [4.78, 5) is 5.42. The standard InChI is InChI=1S/C14H14F2N2S/c15-14(16)4-1-2-9(6-14)12-13-10(3-5-19-13)11-7-17-8-18(11)12/h3,5,7-9,12H,1-2,4,6H2/t9-,12-/m0/s1. The van der Waals surface area contributed by atoms with Gasteiger partial charge < -0.3 is 4.57 Å². The molecule has 100 valence electrons. The zero-order valence-electron chi connectivity index (χ0n) is 10.4. The van der Waals surface area contributed by atoms with Gasteiger partial charge in [-0.3, -0.25) is 0 Å². The molecule has 0 spiro atoms. The first-order chi connectivity index (χ1) is 9.16. The van der Waals surface area contributed by atoms with Gasteiger partial charge >= 0.3 is 0 Å². The van der Waals surface area contributed by atoms with Crippen LogP contribution in [0, 0.1) is 5.92 Å². The molecule has 3 heterocycles. The van der Waals surface area contributed by atoms with Crippen molar-refractivity contribution in [1.29, 1.82) is 0 Å². The molecule has 2 nitrogen and oxygen atoms in total. The summed E-state index contributed by atoms with van der Waals surface area (Å²) in [6.07, 6.45) is 5.19. The van der Waals surface area contributed by atoms with Crippen molar-refractivity contribution in [2.24, 2.45) is 5.92 Å². The highest BCUT2D eigenvalue weighted by molar-refractivity contribution is 7.10. The van der Waals surface area contributed by atoms with Crippen molar-refractivity contribution in [2.45, 2.75) is 37.6 Å². The van der Waals surface area contributed by atoms with Crippen LogP contribution in [0.5, 0.6) is 0 Å². The Morgan fingerprint density at radius 3 is 3.16 bits per heavy atom. The molecule has 0 N–H and O–H groups in total. The van der Waals surface area contributed by atoms with Crippen LogP contribution in [-0.4, -0.2) is 15.5 Å². The zero-order chi connectivity index (χ0) is 13.0. The highest BCUT2D eigenvalue weighted by atomic mass is 32.1. The number of hydrogen-bond donors (Lipinski definition) is 0. The van der Waals surface area contributed by atoms with Gasteiger partial charge in [0.15, 0.2) is 0 Å². The second-order valence-corrected chi connectivity index (χ2v) is 6.49. The van der Waals surface area contributed by atoms with E-state index in [0.29, 0.717) is 6.42 Å². The molecule has 0 saturated heterocycles. The minimum atomic E-state index is -2.50. The van der Waals surface area contributed by atoms with Crippen LogP contribution in [0.4, 0.5) is 8.78 Å². The molecular formula is C14H14F2N2S. The summed E-state index contributed by atoms with van der Waals surface area (Å²) >= 11 is 1.68. The lowest BCUT2D eigenvalue weighted by Crippen LogP contribution is -2.30. The van der Waals surface area contributed by atoms with Crippen LogP contribution in [0.1, 0.15) is 36.6 Å². The molecule has 1 aliphatic heterocycles. The fourth-order valence-electron chi connectivity index (χ4n) is 3.54. The molecule has 0 radical (unpaired) electrons. The quantitative estimate of drug-likeness (QED) is 0.759. The Kier molecular flexibility index (Phi) is 2.37. The molecule has 2 atom stereocenters. The summed E-state index contributed by atoms with van der Waals surface area (Å²) in [5.74, 6) is -2.47. The molecule has 1 fully saturated rings. The van der Waals surface area contributed by atoms with Gasteiger partial charge in [0, 0.05) is 23.3 Å². The smallest absolute Gasteiger partial charge is 0.248 e. The molecule has 1 aliphatic carbocycles. The minimum absolute atomic E-state index is 0.00657. The van der Waals surface area contributed by atoms with Crippen molar-refractivity contribution in [2.75, 3.05) is 0 Å². The Hall–Kier alpha value is -1.23. The van der Waals surface area contributed by atoms with E-state index in [1.807, 2.05) is 6.20 Å². The number of rotatable bonds is 1. The highest BCUT2D eigenvalue weighted by Gasteiger charge is 2.43. The van der Waals surface area contributed by atoms with Crippen molar-refractivity contribution in [3.63, 3.8) is 0 Å². The van der Waals surface area contributed by atoms with Gasteiger partial charge in [-0.1, -0.05) is 0 Å². The summed E-state index contributed by atoms with van der Waals surface area (Å²) in [6, 6.07) is 2.15. The van der Waals surface area contributed by atoms with Crippen molar-refractivity contribution in [3.05, 3.63) is 28.8 Å². The molecule has 1 saturated carbocycles. The minimum Gasteiger partial charge on any atom is -0.322 e. The first kappa shape index (κ1) is 11.6. The number of alkyl halides is 2. The van der Waals surface area contributed by atoms with E-state index < -0.39 is 5.92 Å². The van der Waals surface area contributed by atoms with Crippen molar-refractivity contribution >= 4 is 11.3 Å². The number of halogens is 2. The topological polar surface area (TPSA) is 17.8 Å². The summed E-state index contributed by atoms with van der Waals surface area (Å²) < 4.78 is 29.5. The van der Waals surface area contributed by atoms with Gasteiger partial charge in [-0.15, -0.1) is 11.3 Å². The number of thiophene rings is 1. The number of hydrogen-bond acceptors (Lipinski definition) is 2. The number of imidazole rings is 1. The number of nitrogens with zero attached hydrogens (tertiary/aromatic N) is 2. The first-order valence-corrected chi connectivity index (χ1v) is 7.51. The average molecular weight is 280 g/mol. The molecular weight excluding hydrogens is 266 g/mol. The molecule has 2 aliphatic rings. The fourth-order valence-corrected chi connectivity index (χ4v) is 4.64. The summed E-state index contributed by atoms with van der Waals surface area (Å²) in [6.45, 7) is 0. The van der Waals surface area contributed by atoms with Gasteiger partial charge in [0.1, 0.15) is 0 Å². The van der Waals surface area contributed by atoms with Crippen LogP contribution in [0.3, 0.4) is 0 Å². The van der Waals surface area contributed by atoms with E-state index in [0.717, 1.165) is 12.1 Å². The van der Waals surface area contributed by atoms with Crippen molar-refractivity contribution < 1.29 is 8.78 Å². The van der Waals surface area contributed by atoms with E-state index in [9.17, 15) is 8.78 Å². The van der Waals surface area contributed by atoms with E-state index in [2.05, 4.69) is 21.0 Å². The van der Waals surface area contributed by atoms with Gasteiger partial charge in [-0.2, -0.15) is 0 Å². The Bertz CT molecular complexity index is 576. The Morgan fingerprint density at radius 1 is 1.42 bits per heavy atom. The van der Waals surface area contributed by atoms with E-state index in [1.54, 1.807) is 17.7 Å². The largest absolute Gasteiger partial charge is 0.322 e. The van der Waals surface area contributed by atoms with Crippen molar-refractivity contribution in [1.82, 2.24) is 9.55 Å². The summed E-state index contributed by atoms with van der Waals surface area (Å²) in [5, 5.41) is 2.05. The highest BCUT2D eigenvalue weighted by Crippen LogP contribution is 2.51. The molecule has 19 heavy (non-hydrogen) atoms. The van der Waals surface area contributed by atoms with Crippen LogP contribution in [-0.2, 0) is 0 Å². The molecule has 0 unspecified atom stereocenters. The van der Waals surface area contributed by atoms with E-state index in [-0.39, 0.29) is 24.8 Å². The van der Waals surface area contributed by atoms with Crippen LogP contribution >= 0.6 is 11.3 Å². The third-order valence-corrected chi connectivity index (χ3v) is 5.32. The third-order valence-electron chi connectivity index (χ3n) is 4.33. The number of fused-ring (bicyclic) bond motifs is 3. The fraction of sp³-hybridized carbons (Fsp3) is 0.500. The van der Waals surface area contributed by atoms with Gasteiger partial charge in [-0.25, -0.2) is 13.8 Å². The third kappa shape index (κ3) is 1.67. The lowest BCUT2D eigenvalue weighted by Gasteiger charge is -2.33. The van der Waals surface area contributed by atoms with Gasteiger partial charge in [0.25, 0.3) is 0 Å². The lowest BCUT2D eigenvalue weighted by atomic mass is 9.81. The predicted octanol–water partition coefficient (Wildman–Crippen LogP) is 4.34. The van der Waals surface area contributed by atoms with Gasteiger partial charge in [0.05, 0.1) is 24.3 Å². The van der Waals surface area contributed by atoms with Gasteiger partial charge in [-0.05, 0) is 30.2 Å². The molecule has 0 amide bonds. The Morgan fingerprint density at radius 2 is 2.32 bits per heavy atom. The normalized spacial score (nSPS) is 28.1. The second-order valence-electron chi connectivity index (χ2n) is 5.54. The maximum Gasteiger partial charge on any atom is 0.248 e. The average Bonchev–Trinajstić information content (AvgIpc) is 2.98. The second kappa shape index (κ2) is 3.88. The van der Waals surface area contributed by atoms with E-state index in [4.69, 9.17) is 0 Å². The van der Waals surface area contributed by atoms with Crippen molar-refractivity contribution in [3.8, 4) is 11.3 Å². The molecule has 5 heteroatoms. The van der Waals surface area contributed by atoms with Gasteiger partial charge in [0.2, 0.25) is 5.92 Å². The summed E-state index contributed by atoms with van der Waals surface area (Å²) in [7, 11) is 0. The maximum absolute atomic E-state index is 13.7. The number of aromatic nitrogens is 2. The monoisotopic (exact) mass is 280 g/mol. The molecule has 4 rings (SSSR count). The SMILES string of the molecule is FC1(F)CCC[C@H]([C@H]2c3sccc3-c3cncn32)C1. The van der Waals surface area contributed by atoms with Crippen LogP contribution in [0.25, 0.3) is 11.3 Å². The van der Waals surface area contributed by atoms with E-state index >= 15 is 0 Å². The molecule has 0 aromatic carbocycles. The molecule has 0 bridgehead atoms. The lowest BCUT2D eigenvalue weighted by molar-refractivity contribution is -0.0576. The van der Waals surface area contributed by atoms with Crippen LogP contribution < -0.4 is 0 Å². The van der Waals surface area contributed by atoms with E-state index in [1.165, 1.54) is 10.4 Å². The summed E-state index contributed by atoms with van der Waals surface area (Å²) in [5.41, 5.74) is 2.26. The Balaban J connectivity index is 1.76.